The van der Waals surface area contributed by atoms with Crippen LogP contribution in [0.4, 0.5) is 0 Å². The molecule has 0 unspecified atom stereocenters. The van der Waals surface area contributed by atoms with Crippen molar-refractivity contribution in [1.29, 1.82) is 0 Å². The summed E-state index contributed by atoms with van der Waals surface area (Å²) in [5.74, 6) is 0. The molecule has 0 saturated carbocycles. The van der Waals surface area contributed by atoms with Gasteiger partial charge in [0.15, 0.2) is 0 Å². The van der Waals surface area contributed by atoms with Gasteiger partial charge in [-0.1, -0.05) is 36.4 Å². The molecule has 2 aromatic rings. The Morgan fingerprint density at radius 3 is 1.70 bits per heavy atom. The average Bonchev–Trinajstić information content (AvgIpc) is 2.51. The topological polar surface area (TPSA) is 0 Å². The Morgan fingerprint density at radius 1 is 0.700 bits per heavy atom. The van der Waals surface area contributed by atoms with E-state index in [1.165, 1.54) is 22.3 Å². The first-order valence-corrected chi connectivity index (χ1v) is 6.48. The Kier molecular flexibility index (Phi) is 5.23. The fraction of sp³-hybridized carbons (Fsp3) is 0. The van der Waals surface area contributed by atoms with Gasteiger partial charge in [0.1, 0.15) is 5.57 Å². The Balaban J connectivity index is 0.00000147. The molecule has 1 heteroatoms. The minimum atomic E-state index is 0. The van der Waals surface area contributed by atoms with E-state index < -0.39 is 0 Å². The summed E-state index contributed by atoms with van der Waals surface area (Å²) in [5, 5.41) is 0. The summed E-state index contributed by atoms with van der Waals surface area (Å²) in [6.07, 6.45) is 10.5. The third-order valence-corrected chi connectivity index (χ3v) is 3.19. The number of hydrogen-bond donors (Lipinski definition) is 0. The van der Waals surface area contributed by atoms with Crippen LogP contribution in [0.25, 0.3) is 5.57 Å². The molecule has 20 heavy (non-hydrogen) atoms. The summed E-state index contributed by atoms with van der Waals surface area (Å²) in [5.41, 5.74) is 5.03. The van der Waals surface area contributed by atoms with E-state index in [4.69, 9.17) is 0 Å². The third kappa shape index (κ3) is 3.22. The Morgan fingerprint density at radius 2 is 1.25 bits per heavy atom. The smallest absolute Gasteiger partial charge is 0.0622 e. The van der Waals surface area contributed by atoms with Crippen molar-refractivity contribution >= 4 is 5.57 Å². The van der Waals surface area contributed by atoms with Crippen LogP contribution in [-0.2, 0) is 21.7 Å². The van der Waals surface area contributed by atoms with Crippen molar-refractivity contribution in [3.05, 3.63) is 108 Å². The molecule has 0 fully saturated rings. The van der Waals surface area contributed by atoms with E-state index in [0.29, 0.717) is 0 Å². The zero-order valence-electron chi connectivity index (χ0n) is 11.2. The monoisotopic (exact) mass is 291 g/mol. The second kappa shape index (κ2) is 7.14. The predicted molar refractivity (Wildman–Crippen MR) is 81.5 cm³/mol. The van der Waals surface area contributed by atoms with Crippen LogP contribution in [0.2, 0.25) is 0 Å². The van der Waals surface area contributed by atoms with Crippen LogP contribution < -0.4 is 0 Å². The second-order valence-electron chi connectivity index (χ2n) is 4.47. The van der Waals surface area contributed by atoms with Gasteiger partial charge in [-0.3, -0.25) is 0 Å². The average molecular weight is 291 g/mol. The molecule has 2 aromatic carbocycles. The van der Waals surface area contributed by atoms with E-state index in [2.05, 4.69) is 91.4 Å². The minimum absolute atomic E-state index is 0. The minimum Gasteiger partial charge on any atom is -0.0622 e. The zero-order chi connectivity index (χ0) is 12.9. The summed E-state index contributed by atoms with van der Waals surface area (Å²) in [6.45, 7) is 0. The summed E-state index contributed by atoms with van der Waals surface area (Å²) >= 11 is 0. The molecule has 0 spiro atoms. The molecular weight excluding hydrogens is 276 g/mol. The van der Waals surface area contributed by atoms with Gasteiger partial charge in [0.2, 0.25) is 0 Å². The van der Waals surface area contributed by atoms with Crippen LogP contribution in [0.3, 0.4) is 0 Å². The van der Waals surface area contributed by atoms with Gasteiger partial charge in [-0.05, 0) is 24.3 Å². The predicted octanol–water partition coefficient (Wildman–Crippen LogP) is 4.82. The molecule has 1 aliphatic rings. The van der Waals surface area contributed by atoms with Crippen LogP contribution in [0.5, 0.6) is 0 Å². The molecule has 0 heterocycles. The SMILES string of the molecule is C1=C[CH+]C(=C(c2ccccc2)c2ccccc2)C=C1.[Ti+4]. The van der Waals surface area contributed by atoms with Crippen LogP contribution in [-0.4, -0.2) is 0 Å². The van der Waals surface area contributed by atoms with Crippen molar-refractivity contribution in [3.63, 3.8) is 0 Å². The van der Waals surface area contributed by atoms with Crippen LogP contribution in [0.15, 0.2) is 90.5 Å². The van der Waals surface area contributed by atoms with Crippen molar-refractivity contribution in [2.45, 2.75) is 0 Å². The third-order valence-electron chi connectivity index (χ3n) is 3.19. The standard InChI is InChI=1S/C19H15.Ti/c1-4-10-16(11-5-1)19(17-12-6-2-7-13-17)18-14-8-3-9-15-18;/h1-15H;/q+1;+4. The Hall–Kier alpha value is -1.76. The Bertz CT molecular complexity index is 592. The molecule has 0 bridgehead atoms. The Labute approximate surface area is 135 Å². The molecule has 0 saturated heterocycles. The van der Waals surface area contributed by atoms with Gasteiger partial charge in [0, 0.05) is 41.9 Å². The zero-order valence-corrected chi connectivity index (χ0v) is 12.7. The van der Waals surface area contributed by atoms with E-state index in [0.717, 1.165) is 0 Å². The van der Waals surface area contributed by atoms with E-state index >= 15 is 0 Å². The summed E-state index contributed by atoms with van der Waals surface area (Å²) in [4.78, 5) is 0. The molecule has 90 valence electrons. The molecule has 0 amide bonds. The van der Waals surface area contributed by atoms with Crippen molar-refractivity contribution in [2.75, 3.05) is 0 Å². The largest absolute Gasteiger partial charge is 4.00 e. The van der Waals surface area contributed by atoms with Gasteiger partial charge < -0.3 is 0 Å². The van der Waals surface area contributed by atoms with Crippen LogP contribution in [0, 0.1) is 6.42 Å². The normalized spacial score (nSPS) is 12.5. The molecule has 0 N–H and O–H groups in total. The van der Waals surface area contributed by atoms with Gasteiger partial charge >= 0.3 is 21.7 Å². The first kappa shape index (κ1) is 14.6. The van der Waals surface area contributed by atoms with Gasteiger partial charge in [-0.2, -0.15) is 0 Å². The maximum Gasteiger partial charge on any atom is 4.00 e. The quantitative estimate of drug-likeness (QED) is 0.550. The molecule has 3 rings (SSSR count). The molecule has 0 aliphatic heterocycles. The molecule has 0 radical (unpaired) electrons. The molecule has 0 atom stereocenters. The van der Waals surface area contributed by atoms with E-state index in [1.54, 1.807) is 0 Å². The maximum atomic E-state index is 2.16. The maximum absolute atomic E-state index is 2.16. The fourth-order valence-electron chi connectivity index (χ4n) is 2.31. The van der Waals surface area contributed by atoms with Crippen molar-refractivity contribution in [3.8, 4) is 0 Å². The van der Waals surface area contributed by atoms with Crippen LogP contribution in [0.1, 0.15) is 11.1 Å². The molecule has 0 nitrogen and oxygen atoms in total. The van der Waals surface area contributed by atoms with E-state index in [-0.39, 0.29) is 21.7 Å². The first-order chi connectivity index (χ1) is 9.45. The molecule has 1 aliphatic carbocycles. The van der Waals surface area contributed by atoms with Gasteiger partial charge in [-0.15, -0.1) is 0 Å². The molecule has 0 aromatic heterocycles. The first-order valence-electron chi connectivity index (χ1n) is 6.48. The van der Waals surface area contributed by atoms with Crippen LogP contribution >= 0.6 is 0 Å². The molecular formula is C19H15Ti+5. The fourth-order valence-corrected chi connectivity index (χ4v) is 2.31. The number of rotatable bonds is 2. The van der Waals surface area contributed by atoms with E-state index in [9.17, 15) is 0 Å². The number of hydrogen-bond acceptors (Lipinski definition) is 0. The second-order valence-corrected chi connectivity index (χ2v) is 4.47. The number of benzene rings is 2. The van der Waals surface area contributed by atoms with Gasteiger partial charge in [-0.25, -0.2) is 0 Å². The van der Waals surface area contributed by atoms with Crippen molar-refractivity contribution in [2.24, 2.45) is 0 Å². The summed E-state index contributed by atoms with van der Waals surface area (Å²) in [6, 6.07) is 21.1. The summed E-state index contributed by atoms with van der Waals surface area (Å²) in [7, 11) is 0. The van der Waals surface area contributed by atoms with E-state index in [1.807, 2.05) is 0 Å². The van der Waals surface area contributed by atoms with Crippen molar-refractivity contribution < 1.29 is 21.7 Å². The summed E-state index contributed by atoms with van der Waals surface area (Å²) < 4.78 is 0. The van der Waals surface area contributed by atoms with Gasteiger partial charge in [0.25, 0.3) is 0 Å². The van der Waals surface area contributed by atoms with Gasteiger partial charge in [0.05, 0.1) is 5.57 Å². The van der Waals surface area contributed by atoms with Crippen molar-refractivity contribution in [1.82, 2.24) is 0 Å². The number of allylic oxidation sites excluding steroid dienone is 5.